The molecule has 0 amide bonds. The van der Waals surface area contributed by atoms with E-state index in [2.05, 4.69) is 71.3 Å². The predicted octanol–water partition coefficient (Wildman–Crippen LogP) is 3.97. The molecule has 1 saturated heterocycles. The summed E-state index contributed by atoms with van der Waals surface area (Å²) >= 11 is 0. The predicted molar refractivity (Wildman–Crippen MR) is 116 cm³/mol. The first-order valence-electron chi connectivity index (χ1n) is 10.1. The quantitative estimate of drug-likeness (QED) is 0.692. The van der Waals surface area contributed by atoms with Gasteiger partial charge in [0.1, 0.15) is 0 Å². The minimum Gasteiger partial charge on any atom is -0.493 e. The lowest BCUT2D eigenvalue weighted by Gasteiger charge is -2.37. The van der Waals surface area contributed by atoms with Gasteiger partial charge in [-0.25, -0.2) is 0 Å². The molecule has 1 heterocycles. The van der Waals surface area contributed by atoms with Gasteiger partial charge in [-0.05, 0) is 36.6 Å². The van der Waals surface area contributed by atoms with Crippen LogP contribution in [0.5, 0.6) is 11.5 Å². The average molecular weight is 381 g/mol. The van der Waals surface area contributed by atoms with E-state index in [1.54, 1.807) is 14.2 Å². The Morgan fingerprint density at radius 3 is 2.32 bits per heavy atom. The Labute approximate surface area is 169 Å². The average Bonchev–Trinajstić information content (AvgIpc) is 2.75. The van der Waals surface area contributed by atoms with Crippen molar-refractivity contribution in [2.75, 3.05) is 46.9 Å². The summed E-state index contributed by atoms with van der Waals surface area (Å²) in [5, 5.41) is 0. The first kappa shape index (κ1) is 20.4. The molecular formula is C24H32N2O2. The van der Waals surface area contributed by atoms with E-state index in [1.807, 2.05) is 6.07 Å². The van der Waals surface area contributed by atoms with Crippen molar-refractivity contribution in [3.63, 3.8) is 0 Å². The summed E-state index contributed by atoms with van der Waals surface area (Å²) in [4.78, 5) is 5.12. The second-order valence-electron chi connectivity index (χ2n) is 7.39. The molecule has 1 aliphatic heterocycles. The standard InChI is InChI=1S/C24H32N2O2/c1-20(18-22-11-12-23(27-2)24(19-22)28-3)26-16-14-25(15-17-26)13-7-10-21-8-5-4-6-9-21/h4-12,19-20H,13-18H2,1-3H3/b10-7+/t20-/m1/s1. The SMILES string of the molecule is COc1ccc(C[C@@H](C)N2CCN(C/C=C/c3ccccc3)CC2)cc1OC. The summed E-state index contributed by atoms with van der Waals surface area (Å²) in [5.74, 6) is 1.60. The topological polar surface area (TPSA) is 24.9 Å². The fraction of sp³-hybridized carbons (Fsp3) is 0.417. The van der Waals surface area contributed by atoms with Crippen molar-refractivity contribution in [3.05, 3.63) is 65.7 Å². The Balaban J connectivity index is 1.46. The number of ether oxygens (including phenoxy) is 2. The number of benzene rings is 2. The van der Waals surface area contributed by atoms with Gasteiger partial charge in [0.05, 0.1) is 14.2 Å². The van der Waals surface area contributed by atoms with Gasteiger partial charge in [-0.1, -0.05) is 48.6 Å². The summed E-state index contributed by atoms with van der Waals surface area (Å²) in [5.41, 5.74) is 2.56. The van der Waals surface area contributed by atoms with Crippen LogP contribution in [0, 0.1) is 0 Å². The maximum atomic E-state index is 5.44. The van der Waals surface area contributed by atoms with Crippen LogP contribution in [0.15, 0.2) is 54.6 Å². The molecule has 28 heavy (non-hydrogen) atoms. The molecule has 2 aromatic rings. The zero-order valence-electron chi connectivity index (χ0n) is 17.3. The summed E-state index contributed by atoms with van der Waals surface area (Å²) in [6.45, 7) is 7.82. The third kappa shape index (κ3) is 5.60. The smallest absolute Gasteiger partial charge is 0.160 e. The fourth-order valence-corrected chi connectivity index (χ4v) is 3.77. The van der Waals surface area contributed by atoms with E-state index in [1.165, 1.54) is 11.1 Å². The molecule has 0 saturated carbocycles. The largest absolute Gasteiger partial charge is 0.493 e. The van der Waals surface area contributed by atoms with Crippen molar-refractivity contribution < 1.29 is 9.47 Å². The molecule has 0 spiro atoms. The molecule has 0 aliphatic carbocycles. The molecule has 4 heteroatoms. The van der Waals surface area contributed by atoms with Crippen molar-refractivity contribution in [2.24, 2.45) is 0 Å². The Kier molecular flexibility index (Phi) is 7.52. The van der Waals surface area contributed by atoms with E-state index in [0.29, 0.717) is 6.04 Å². The lowest BCUT2D eigenvalue weighted by atomic mass is 10.0. The minimum atomic E-state index is 0.514. The number of piperazine rings is 1. The molecule has 0 bridgehead atoms. The minimum absolute atomic E-state index is 0.514. The van der Waals surface area contributed by atoms with Crippen LogP contribution in [0.1, 0.15) is 18.1 Å². The van der Waals surface area contributed by atoms with E-state index in [4.69, 9.17) is 9.47 Å². The molecule has 150 valence electrons. The van der Waals surface area contributed by atoms with Crippen molar-refractivity contribution >= 4 is 6.08 Å². The number of rotatable bonds is 8. The number of nitrogens with zero attached hydrogens (tertiary/aromatic N) is 2. The highest BCUT2D eigenvalue weighted by molar-refractivity contribution is 5.48. The molecular weight excluding hydrogens is 348 g/mol. The Morgan fingerprint density at radius 1 is 0.929 bits per heavy atom. The molecule has 3 rings (SSSR count). The van der Waals surface area contributed by atoms with Gasteiger partial charge >= 0.3 is 0 Å². The lowest BCUT2D eigenvalue weighted by molar-refractivity contribution is 0.110. The maximum Gasteiger partial charge on any atom is 0.160 e. The highest BCUT2D eigenvalue weighted by atomic mass is 16.5. The molecule has 1 atom stereocenters. The normalized spacial score (nSPS) is 17.0. The first-order chi connectivity index (χ1) is 13.7. The fourth-order valence-electron chi connectivity index (χ4n) is 3.77. The lowest BCUT2D eigenvalue weighted by Crippen LogP contribution is -2.50. The second-order valence-corrected chi connectivity index (χ2v) is 7.39. The zero-order chi connectivity index (χ0) is 19.8. The van der Waals surface area contributed by atoms with Crippen LogP contribution in [0.3, 0.4) is 0 Å². The van der Waals surface area contributed by atoms with E-state index in [9.17, 15) is 0 Å². The second kappa shape index (κ2) is 10.3. The van der Waals surface area contributed by atoms with Crippen LogP contribution < -0.4 is 9.47 Å². The summed E-state index contributed by atoms with van der Waals surface area (Å²) in [7, 11) is 3.37. The van der Waals surface area contributed by atoms with Crippen molar-refractivity contribution in [1.82, 2.24) is 9.80 Å². The monoisotopic (exact) mass is 380 g/mol. The Bertz CT molecular complexity index is 752. The number of hydrogen-bond acceptors (Lipinski definition) is 4. The van der Waals surface area contributed by atoms with E-state index in [-0.39, 0.29) is 0 Å². The molecule has 0 aromatic heterocycles. The third-order valence-corrected chi connectivity index (χ3v) is 5.48. The molecule has 4 nitrogen and oxygen atoms in total. The zero-order valence-corrected chi connectivity index (χ0v) is 17.3. The van der Waals surface area contributed by atoms with Gasteiger partial charge in [0.2, 0.25) is 0 Å². The molecule has 0 radical (unpaired) electrons. The van der Waals surface area contributed by atoms with Gasteiger partial charge in [-0.2, -0.15) is 0 Å². The summed E-state index contributed by atoms with van der Waals surface area (Å²) in [6.07, 6.45) is 5.51. The van der Waals surface area contributed by atoms with Crippen LogP contribution in [-0.2, 0) is 6.42 Å². The third-order valence-electron chi connectivity index (χ3n) is 5.48. The Morgan fingerprint density at radius 2 is 1.64 bits per heavy atom. The van der Waals surface area contributed by atoms with Crippen LogP contribution in [0.25, 0.3) is 6.08 Å². The van der Waals surface area contributed by atoms with Gasteiger partial charge in [-0.15, -0.1) is 0 Å². The highest BCUT2D eigenvalue weighted by Crippen LogP contribution is 2.28. The van der Waals surface area contributed by atoms with E-state index < -0.39 is 0 Å². The molecule has 1 fully saturated rings. The van der Waals surface area contributed by atoms with Crippen LogP contribution >= 0.6 is 0 Å². The van der Waals surface area contributed by atoms with Gasteiger partial charge in [0.25, 0.3) is 0 Å². The van der Waals surface area contributed by atoms with Gasteiger partial charge in [-0.3, -0.25) is 9.80 Å². The van der Waals surface area contributed by atoms with Crippen molar-refractivity contribution in [3.8, 4) is 11.5 Å². The number of hydrogen-bond donors (Lipinski definition) is 0. The van der Waals surface area contributed by atoms with Crippen LogP contribution in [0.4, 0.5) is 0 Å². The number of methoxy groups -OCH3 is 2. The molecule has 2 aromatic carbocycles. The van der Waals surface area contributed by atoms with Gasteiger partial charge in [0.15, 0.2) is 11.5 Å². The van der Waals surface area contributed by atoms with E-state index >= 15 is 0 Å². The van der Waals surface area contributed by atoms with E-state index in [0.717, 1.165) is 50.6 Å². The Hall–Kier alpha value is -2.30. The van der Waals surface area contributed by atoms with Crippen molar-refractivity contribution in [1.29, 1.82) is 0 Å². The summed E-state index contributed by atoms with van der Waals surface area (Å²) in [6, 6.07) is 17.3. The molecule has 1 aliphatic rings. The van der Waals surface area contributed by atoms with Crippen LogP contribution in [0.2, 0.25) is 0 Å². The van der Waals surface area contributed by atoms with Crippen LogP contribution in [-0.4, -0.2) is 62.8 Å². The first-order valence-corrected chi connectivity index (χ1v) is 10.1. The van der Waals surface area contributed by atoms with Crippen molar-refractivity contribution in [2.45, 2.75) is 19.4 Å². The summed E-state index contributed by atoms with van der Waals surface area (Å²) < 4.78 is 10.8. The van der Waals surface area contributed by atoms with Gasteiger partial charge < -0.3 is 9.47 Å². The maximum absolute atomic E-state index is 5.44. The molecule has 0 unspecified atom stereocenters. The molecule has 0 N–H and O–H groups in total. The van der Waals surface area contributed by atoms with Gasteiger partial charge in [0, 0.05) is 38.8 Å². The highest BCUT2D eigenvalue weighted by Gasteiger charge is 2.21.